The van der Waals surface area contributed by atoms with E-state index in [0.717, 1.165) is 44.0 Å². The van der Waals surface area contributed by atoms with Gasteiger partial charge in [0.05, 0.1) is 18.2 Å². The number of methoxy groups -OCH3 is 1. The lowest BCUT2D eigenvalue weighted by Crippen LogP contribution is -2.03. The lowest BCUT2D eigenvalue weighted by molar-refractivity contribution is 0.0601. The Kier molecular flexibility index (Phi) is 3.66. The molecule has 5 aromatic rings. The maximum Gasteiger partial charge on any atom is 0.338 e. The normalized spacial score (nSPS) is 11.4. The number of pyridine rings is 1. The van der Waals surface area contributed by atoms with Crippen LogP contribution in [0.15, 0.2) is 71.3 Å². The molecule has 0 fully saturated rings. The second kappa shape index (κ2) is 6.20. The summed E-state index contributed by atoms with van der Waals surface area (Å²) in [6.07, 6.45) is 1.87. The molecule has 0 bridgehead atoms. The van der Waals surface area contributed by atoms with Crippen LogP contribution in [-0.4, -0.2) is 18.1 Å². The maximum absolute atomic E-state index is 12.2. The van der Waals surface area contributed by atoms with Crippen molar-refractivity contribution in [3.05, 3.63) is 78.0 Å². The number of hydrogen-bond donors (Lipinski definition) is 0. The number of furan rings is 1. The monoisotopic (exact) mass is 367 g/mol. The van der Waals surface area contributed by atoms with E-state index in [2.05, 4.69) is 18.0 Å². The molecule has 0 saturated heterocycles. The van der Waals surface area contributed by atoms with Crippen LogP contribution >= 0.6 is 0 Å². The van der Waals surface area contributed by atoms with Gasteiger partial charge in [-0.1, -0.05) is 35.9 Å². The highest BCUT2D eigenvalue weighted by molar-refractivity contribution is 6.14. The first-order valence-corrected chi connectivity index (χ1v) is 9.05. The Morgan fingerprint density at radius 2 is 1.82 bits per heavy atom. The zero-order chi connectivity index (χ0) is 19.3. The van der Waals surface area contributed by atoms with E-state index < -0.39 is 0 Å². The van der Waals surface area contributed by atoms with Crippen LogP contribution in [0.5, 0.6) is 0 Å². The highest BCUT2D eigenvalue weighted by atomic mass is 16.5. The third-order valence-corrected chi connectivity index (χ3v) is 5.10. The van der Waals surface area contributed by atoms with Gasteiger partial charge in [0, 0.05) is 22.4 Å². The smallest absolute Gasteiger partial charge is 0.338 e. The fourth-order valence-electron chi connectivity index (χ4n) is 3.71. The molecule has 0 aliphatic carbocycles. The van der Waals surface area contributed by atoms with Gasteiger partial charge in [0.2, 0.25) is 0 Å². The molecule has 136 valence electrons. The number of aryl methyl sites for hydroxylation is 1. The van der Waals surface area contributed by atoms with Crippen LogP contribution in [0.1, 0.15) is 15.9 Å². The Bertz CT molecular complexity index is 1380. The summed E-state index contributed by atoms with van der Waals surface area (Å²) in [6, 6.07) is 19.5. The summed E-state index contributed by atoms with van der Waals surface area (Å²) in [5.74, 6) is -0.355. The van der Waals surface area contributed by atoms with Crippen molar-refractivity contribution < 1.29 is 13.9 Å². The van der Waals surface area contributed by atoms with E-state index in [1.807, 2.05) is 54.7 Å². The van der Waals surface area contributed by atoms with Gasteiger partial charge in [-0.05, 0) is 48.4 Å². The van der Waals surface area contributed by atoms with Crippen molar-refractivity contribution in [2.24, 2.45) is 0 Å². The number of ether oxygens (including phenoxy) is 1. The molecular weight excluding hydrogens is 350 g/mol. The van der Waals surface area contributed by atoms with E-state index in [1.165, 1.54) is 12.7 Å². The predicted molar refractivity (Wildman–Crippen MR) is 111 cm³/mol. The number of esters is 1. The van der Waals surface area contributed by atoms with E-state index in [4.69, 9.17) is 9.15 Å². The van der Waals surface area contributed by atoms with Crippen LogP contribution in [0.25, 0.3) is 44.0 Å². The van der Waals surface area contributed by atoms with E-state index in [1.54, 1.807) is 6.07 Å². The summed E-state index contributed by atoms with van der Waals surface area (Å²) in [5.41, 5.74) is 5.95. The van der Waals surface area contributed by atoms with Gasteiger partial charge in [-0.3, -0.25) is 4.98 Å². The van der Waals surface area contributed by atoms with E-state index in [0.29, 0.717) is 5.56 Å². The number of carbonyl (C=O) groups excluding carboxylic acids is 1. The summed E-state index contributed by atoms with van der Waals surface area (Å²) in [6.45, 7) is 2.06. The van der Waals surface area contributed by atoms with Crippen LogP contribution in [0.2, 0.25) is 0 Å². The van der Waals surface area contributed by atoms with Crippen molar-refractivity contribution in [1.29, 1.82) is 0 Å². The van der Waals surface area contributed by atoms with Gasteiger partial charge in [-0.2, -0.15) is 0 Å². The topological polar surface area (TPSA) is 52.3 Å². The van der Waals surface area contributed by atoms with Gasteiger partial charge in [0.25, 0.3) is 0 Å². The lowest BCUT2D eigenvalue weighted by atomic mass is 9.98. The molecule has 28 heavy (non-hydrogen) atoms. The first kappa shape index (κ1) is 16.5. The standard InChI is InChI=1S/C24H17NO3/c1-14-7-10-22-18(11-14)20-13-25-21-9-8-15(12-19(21)23(20)28-22)16-5-3-4-6-17(16)24(26)27-2/h3-13H,1-2H3. The molecule has 0 aliphatic heterocycles. The summed E-state index contributed by atoms with van der Waals surface area (Å²) < 4.78 is 11.1. The molecule has 0 radical (unpaired) electrons. The Morgan fingerprint density at radius 3 is 2.68 bits per heavy atom. The van der Waals surface area contributed by atoms with Crippen LogP contribution < -0.4 is 0 Å². The minimum Gasteiger partial charge on any atom is -0.465 e. The molecule has 3 aromatic carbocycles. The third-order valence-electron chi connectivity index (χ3n) is 5.10. The molecule has 2 heterocycles. The zero-order valence-electron chi connectivity index (χ0n) is 15.5. The largest absolute Gasteiger partial charge is 0.465 e. The van der Waals surface area contributed by atoms with Crippen molar-refractivity contribution in [3.8, 4) is 11.1 Å². The highest BCUT2D eigenvalue weighted by Crippen LogP contribution is 2.35. The Labute approximate surface area is 161 Å². The first-order chi connectivity index (χ1) is 13.7. The highest BCUT2D eigenvalue weighted by Gasteiger charge is 2.15. The number of hydrogen-bond acceptors (Lipinski definition) is 4. The molecule has 0 unspecified atom stereocenters. The van der Waals surface area contributed by atoms with Gasteiger partial charge in [0.1, 0.15) is 11.2 Å². The van der Waals surface area contributed by atoms with Crippen molar-refractivity contribution in [2.75, 3.05) is 7.11 Å². The van der Waals surface area contributed by atoms with Gasteiger partial charge >= 0.3 is 5.97 Å². The van der Waals surface area contributed by atoms with Crippen LogP contribution in [0, 0.1) is 6.92 Å². The first-order valence-electron chi connectivity index (χ1n) is 9.05. The van der Waals surface area contributed by atoms with Gasteiger partial charge in [0.15, 0.2) is 0 Å². The third kappa shape index (κ3) is 2.46. The fourth-order valence-corrected chi connectivity index (χ4v) is 3.71. The average molecular weight is 367 g/mol. The lowest BCUT2D eigenvalue weighted by Gasteiger charge is -2.09. The summed E-state index contributed by atoms with van der Waals surface area (Å²) in [4.78, 5) is 16.8. The average Bonchev–Trinajstić information content (AvgIpc) is 3.11. The molecule has 2 aromatic heterocycles. The quantitative estimate of drug-likeness (QED) is 0.365. The minimum absolute atomic E-state index is 0.355. The molecule has 4 nitrogen and oxygen atoms in total. The van der Waals surface area contributed by atoms with Crippen LogP contribution in [0.3, 0.4) is 0 Å². The molecule has 0 amide bonds. The van der Waals surface area contributed by atoms with Gasteiger partial charge in [-0.15, -0.1) is 0 Å². The zero-order valence-corrected chi connectivity index (χ0v) is 15.5. The van der Waals surface area contributed by atoms with Crippen molar-refractivity contribution >= 4 is 38.8 Å². The second-order valence-corrected chi connectivity index (χ2v) is 6.87. The van der Waals surface area contributed by atoms with Crippen LogP contribution in [-0.2, 0) is 4.74 Å². The molecule has 0 atom stereocenters. The summed E-state index contributed by atoms with van der Waals surface area (Å²) in [5, 5.41) is 2.97. The number of carbonyl (C=O) groups is 1. The van der Waals surface area contributed by atoms with Gasteiger partial charge < -0.3 is 9.15 Å². The maximum atomic E-state index is 12.2. The molecule has 0 N–H and O–H groups in total. The molecular formula is C24H17NO3. The molecule has 0 saturated carbocycles. The van der Waals surface area contributed by atoms with E-state index >= 15 is 0 Å². The number of benzene rings is 3. The summed E-state index contributed by atoms with van der Waals surface area (Å²) >= 11 is 0. The minimum atomic E-state index is -0.355. The van der Waals surface area contributed by atoms with Crippen molar-refractivity contribution in [1.82, 2.24) is 4.98 Å². The molecule has 0 aliphatic rings. The van der Waals surface area contributed by atoms with Crippen LogP contribution in [0.4, 0.5) is 0 Å². The number of aromatic nitrogens is 1. The Morgan fingerprint density at radius 1 is 0.964 bits per heavy atom. The molecule has 0 spiro atoms. The number of fused-ring (bicyclic) bond motifs is 5. The van der Waals surface area contributed by atoms with E-state index in [9.17, 15) is 4.79 Å². The number of nitrogens with zero attached hydrogens (tertiary/aromatic N) is 1. The van der Waals surface area contributed by atoms with Gasteiger partial charge in [-0.25, -0.2) is 4.79 Å². The second-order valence-electron chi connectivity index (χ2n) is 6.87. The van der Waals surface area contributed by atoms with E-state index in [-0.39, 0.29) is 5.97 Å². The predicted octanol–water partition coefficient (Wildman–Crippen LogP) is 5.90. The number of rotatable bonds is 2. The molecule has 4 heteroatoms. The SMILES string of the molecule is COC(=O)c1ccccc1-c1ccc2ncc3c4cc(C)ccc4oc3c2c1. The molecule has 5 rings (SSSR count). The summed E-state index contributed by atoms with van der Waals surface area (Å²) in [7, 11) is 1.39. The van der Waals surface area contributed by atoms with Crippen molar-refractivity contribution in [2.45, 2.75) is 6.92 Å². The Balaban J connectivity index is 1.81. The fraction of sp³-hybridized carbons (Fsp3) is 0.0833. The van der Waals surface area contributed by atoms with Crippen molar-refractivity contribution in [3.63, 3.8) is 0 Å². The Hall–Kier alpha value is -3.66.